The first-order valence-corrected chi connectivity index (χ1v) is 8.14. The van der Waals surface area contributed by atoms with E-state index in [1.54, 1.807) is 20.0 Å². The van der Waals surface area contributed by atoms with Crippen molar-refractivity contribution in [2.45, 2.75) is 44.6 Å². The summed E-state index contributed by atoms with van der Waals surface area (Å²) in [4.78, 5) is 0.254. The average Bonchev–Trinajstić information content (AvgIpc) is 3.05. The van der Waals surface area contributed by atoms with Gasteiger partial charge in [-0.3, -0.25) is 0 Å². The topological polar surface area (TPSA) is 71.3 Å². The summed E-state index contributed by atoms with van der Waals surface area (Å²) >= 11 is 0. The molecule has 0 unspecified atom stereocenters. The Morgan fingerprint density at radius 1 is 1.42 bits per heavy atom. The van der Waals surface area contributed by atoms with Gasteiger partial charge in [0.1, 0.15) is 16.4 Å². The molecule has 2 N–H and O–H groups in total. The molecule has 1 fully saturated rings. The van der Waals surface area contributed by atoms with E-state index in [1.807, 2.05) is 0 Å². The summed E-state index contributed by atoms with van der Waals surface area (Å²) in [6.07, 6.45) is 3.24. The maximum absolute atomic E-state index is 12.3. The minimum absolute atomic E-state index is 0.193. The Kier molecular flexibility index (Phi) is 4.03. The van der Waals surface area contributed by atoms with Crippen molar-refractivity contribution in [3.63, 3.8) is 0 Å². The molecule has 1 aromatic heterocycles. The van der Waals surface area contributed by atoms with Gasteiger partial charge in [-0.1, -0.05) is 6.92 Å². The molecule has 2 rings (SSSR count). The molecular weight excluding hydrogens is 264 g/mol. The average molecular weight is 286 g/mol. The zero-order valence-electron chi connectivity index (χ0n) is 11.7. The molecule has 0 aromatic carbocycles. The molecule has 0 saturated heterocycles. The number of hydrogen-bond acceptors (Lipinski definition) is 4. The van der Waals surface area contributed by atoms with E-state index >= 15 is 0 Å². The molecule has 1 aromatic rings. The molecule has 0 spiro atoms. The summed E-state index contributed by atoms with van der Waals surface area (Å²) in [5, 5.41) is 2.94. The lowest BCUT2D eigenvalue weighted by atomic mass is 10.1. The molecule has 0 amide bonds. The van der Waals surface area contributed by atoms with Gasteiger partial charge in [0.25, 0.3) is 0 Å². The van der Waals surface area contributed by atoms with Crippen LogP contribution in [0.1, 0.15) is 37.7 Å². The van der Waals surface area contributed by atoms with Gasteiger partial charge < -0.3 is 9.73 Å². The SMILES string of the molecule is CCC1(CNS(=O)(=O)c2cc(CNC)oc2C)CC1. The van der Waals surface area contributed by atoms with Crippen molar-refractivity contribution in [1.29, 1.82) is 0 Å². The van der Waals surface area contributed by atoms with Crippen LogP contribution in [0.15, 0.2) is 15.4 Å². The quantitative estimate of drug-likeness (QED) is 0.801. The highest BCUT2D eigenvalue weighted by Gasteiger charge is 2.41. The Morgan fingerprint density at radius 2 is 2.11 bits per heavy atom. The van der Waals surface area contributed by atoms with E-state index in [4.69, 9.17) is 4.42 Å². The van der Waals surface area contributed by atoms with E-state index in [2.05, 4.69) is 17.0 Å². The van der Waals surface area contributed by atoms with Gasteiger partial charge in [-0.15, -0.1) is 0 Å². The number of rotatable bonds is 7. The van der Waals surface area contributed by atoms with Crippen LogP contribution in [0.2, 0.25) is 0 Å². The first-order valence-electron chi connectivity index (χ1n) is 6.66. The smallest absolute Gasteiger partial charge is 0.244 e. The molecule has 1 aliphatic carbocycles. The predicted molar refractivity (Wildman–Crippen MR) is 73.4 cm³/mol. The van der Waals surface area contributed by atoms with Crippen molar-refractivity contribution >= 4 is 10.0 Å². The number of nitrogens with one attached hydrogen (secondary N) is 2. The van der Waals surface area contributed by atoms with E-state index < -0.39 is 10.0 Å². The van der Waals surface area contributed by atoms with Crippen molar-refractivity contribution in [3.05, 3.63) is 17.6 Å². The second-order valence-electron chi connectivity index (χ2n) is 5.34. The molecule has 108 valence electrons. The highest BCUT2D eigenvalue weighted by Crippen LogP contribution is 2.48. The van der Waals surface area contributed by atoms with Crippen molar-refractivity contribution in [2.24, 2.45) is 5.41 Å². The normalized spacial score (nSPS) is 17.6. The van der Waals surface area contributed by atoms with Crippen molar-refractivity contribution in [3.8, 4) is 0 Å². The molecule has 1 saturated carbocycles. The van der Waals surface area contributed by atoms with Gasteiger partial charge in [-0.05, 0) is 38.6 Å². The number of sulfonamides is 1. The molecule has 5 nitrogen and oxygen atoms in total. The maximum Gasteiger partial charge on any atom is 0.244 e. The second-order valence-corrected chi connectivity index (χ2v) is 7.08. The van der Waals surface area contributed by atoms with Gasteiger partial charge in [-0.25, -0.2) is 13.1 Å². The molecule has 1 heterocycles. The summed E-state index contributed by atoms with van der Waals surface area (Å²) in [6.45, 7) is 4.84. The van der Waals surface area contributed by atoms with Gasteiger partial charge in [0.15, 0.2) is 0 Å². The van der Waals surface area contributed by atoms with Crippen LogP contribution >= 0.6 is 0 Å². The van der Waals surface area contributed by atoms with E-state index in [9.17, 15) is 8.42 Å². The van der Waals surface area contributed by atoms with Crippen LogP contribution in [-0.2, 0) is 16.6 Å². The molecule has 0 aliphatic heterocycles. The molecule has 6 heteroatoms. The van der Waals surface area contributed by atoms with Crippen molar-refractivity contribution in [2.75, 3.05) is 13.6 Å². The molecule has 0 atom stereocenters. The Bertz CT molecular complexity index is 544. The molecule has 0 bridgehead atoms. The molecule has 0 radical (unpaired) electrons. The molecule has 19 heavy (non-hydrogen) atoms. The predicted octanol–water partition coefficient (Wildman–Crippen LogP) is 1.78. The van der Waals surface area contributed by atoms with Gasteiger partial charge in [0.2, 0.25) is 10.0 Å². The minimum Gasteiger partial charge on any atom is -0.464 e. The number of furan rings is 1. The lowest BCUT2D eigenvalue weighted by Crippen LogP contribution is -2.30. The largest absolute Gasteiger partial charge is 0.464 e. The second kappa shape index (κ2) is 5.26. The zero-order valence-corrected chi connectivity index (χ0v) is 12.6. The summed E-state index contributed by atoms with van der Waals surface area (Å²) in [7, 11) is -1.67. The van der Waals surface area contributed by atoms with Crippen LogP contribution in [0.5, 0.6) is 0 Å². The van der Waals surface area contributed by atoms with Crippen LogP contribution in [0.4, 0.5) is 0 Å². The van der Waals surface area contributed by atoms with Gasteiger partial charge in [-0.2, -0.15) is 0 Å². The third-order valence-corrected chi connectivity index (χ3v) is 5.42. The van der Waals surface area contributed by atoms with Gasteiger partial charge in [0, 0.05) is 12.6 Å². The highest BCUT2D eigenvalue weighted by atomic mass is 32.2. The van der Waals surface area contributed by atoms with E-state index in [-0.39, 0.29) is 10.3 Å². The minimum atomic E-state index is -3.46. The Labute approximate surface area is 114 Å². The van der Waals surface area contributed by atoms with E-state index in [0.717, 1.165) is 19.3 Å². The summed E-state index contributed by atoms with van der Waals surface area (Å²) in [5.74, 6) is 1.08. The van der Waals surface area contributed by atoms with E-state index in [1.165, 1.54) is 0 Å². The van der Waals surface area contributed by atoms with E-state index in [0.29, 0.717) is 24.6 Å². The fraction of sp³-hybridized carbons (Fsp3) is 0.692. The monoisotopic (exact) mass is 286 g/mol. The molecule has 1 aliphatic rings. The van der Waals surface area contributed by atoms with Crippen LogP contribution in [0, 0.1) is 12.3 Å². The zero-order chi connectivity index (χ0) is 14.1. The van der Waals surface area contributed by atoms with Crippen LogP contribution in [-0.4, -0.2) is 22.0 Å². The first kappa shape index (κ1) is 14.6. The van der Waals surface area contributed by atoms with Crippen LogP contribution in [0.3, 0.4) is 0 Å². The van der Waals surface area contributed by atoms with Gasteiger partial charge >= 0.3 is 0 Å². The lowest BCUT2D eigenvalue weighted by Gasteiger charge is -2.13. The lowest BCUT2D eigenvalue weighted by molar-refractivity contribution is 0.462. The maximum atomic E-state index is 12.3. The third kappa shape index (κ3) is 3.19. The van der Waals surface area contributed by atoms with Crippen molar-refractivity contribution < 1.29 is 12.8 Å². The van der Waals surface area contributed by atoms with Crippen molar-refractivity contribution in [1.82, 2.24) is 10.0 Å². The Balaban J connectivity index is 2.10. The molecular formula is C13H22N2O3S. The highest BCUT2D eigenvalue weighted by molar-refractivity contribution is 7.89. The number of aryl methyl sites for hydroxylation is 1. The van der Waals surface area contributed by atoms with Crippen LogP contribution < -0.4 is 10.0 Å². The Morgan fingerprint density at radius 3 is 2.63 bits per heavy atom. The Hall–Kier alpha value is -0.850. The summed E-state index contributed by atoms with van der Waals surface area (Å²) < 4.78 is 32.7. The van der Waals surface area contributed by atoms with Gasteiger partial charge in [0.05, 0.1) is 6.54 Å². The van der Waals surface area contributed by atoms with Crippen LogP contribution in [0.25, 0.3) is 0 Å². The fourth-order valence-electron chi connectivity index (χ4n) is 2.21. The first-order chi connectivity index (χ1) is 8.92. The fourth-order valence-corrected chi connectivity index (χ4v) is 3.57. The standard InChI is InChI=1S/C13H22N2O3S/c1-4-13(5-6-13)9-15-19(16,17)12-7-11(8-14-3)18-10(12)2/h7,14-15H,4-6,8-9H2,1-3H3. The third-order valence-electron chi connectivity index (χ3n) is 3.91. The number of hydrogen-bond donors (Lipinski definition) is 2. The summed E-state index contributed by atoms with van der Waals surface area (Å²) in [6, 6.07) is 1.60. The summed E-state index contributed by atoms with van der Waals surface area (Å²) in [5.41, 5.74) is 0.193.